The Morgan fingerprint density at radius 2 is 1.90 bits per heavy atom. The molecule has 29 heavy (non-hydrogen) atoms. The van der Waals surface area contributed by atoms with Crippen LogP contribution in [0.5, 0.6) is 0 Å². The van der Waals surface area contributed by atoms with Crippen LogP contribution >= 0.6 is 0 Å². The van der Waals surface area contributed by atoms with Crippen molar-refractivity contribution in [2.75, 3.05) is 49.5 Å². The Morgan fingerprint density at radius 3 is 2.66 bits per heavy atom. The average molecular weight is 395 g/mol. The largest absolute Gasteiger partial charge is 0.338 e. The number of anilines is 2. The van der Waals surface area contributed by atoms with E-state index in [1.54, 1.807) is 23.3 Å². The molecule has 152 valence electrons. The summed E-state index contributed by atoms with van der Waals surface area (Å²) in [5.41, 5.74) is 2.34. The number of pyridine rings is 1. The van der Waals surface area contributed by atoms with Crippen molar-refractivity contribution in [3.05, 3.63) is 36.4 Å². The highest BCUT2D eigenvalue weighted by molar-refractivity contribution is 5.92. The molecule has 4 heterocycles. The highest BCUT2D eigenvalue weighted by Crippen LogP contribution is 2.19. The SMILES string of the molecule is Cc1nn(C)c2ncc(NC(=O)NCCN3CCN(c4ncccn4)CC3)cc12. The Labute approximate surface area is 168 Å². The van der Waals surface area contributed by atoms with Gasteiger partial charge in [0.2, 0.25) is 5.95 Å². The molecular weight excluding hydrogens is 370 g/mol. The van der Waals surface area contributed by atoms with Gasteiger partial charge in [-0.1, -0.05) is 0 Å². The van der Waals surface area contributed by atoms with Gasteiger partial charge in [-0.05, 0) is 19.1 Å². The molecule has 1 fully saturated rings. The van der Waals surface area contributed by atoms with E-state index in [2.05, 4.69) is 40.5 Å². The van der Waals surface area contributed by atoms with Gasteiger partial charge in [0.1, 0.15) is 0 Å². The van der Waals surface area contributed by atoms with Crippen molar-refractivity contribution >= 4 is 28.7 Å². The molecule has 0 radical (unpaired) electrons. The van der Waals surface area contributed by atoms with Crippen molar-refractivity contribution in [3.8, 4) is 0 Å². The minimum absolute atomic E-state index is 0.232. The van der Waals surface area contributed by atoms with E-state index in [1.807, 2.05) is 26.1 Å². The number of aryl methyl sites for hydroxylation is 2. The zero-order chi connectivity index (χ0) is 20.2. The first-order valence-corrected chi connectivity index (χ1v) is 9.68. The fraction of sp³-hybridized carbons (Fsp3) is 0.421. The summed E-state index contributed by atoms with van der Waals surface area (Å²) in [7, 11) is 1.86. The first-order chi connectivity index (χ1) is 14.1. The molecule has 1 aliphatic heterocycles. The van der Waals surface area contributed by atoms with Gasteiger partial charge in [-0.3, -0.25) is 9.58 Å². The van der Waals surface area contributed by atoms with E-state index < -0.39 is 0 Å². The lowest BCUT2D eigenvalue weighted by Gasteiger charge is -2.34. The van der Waals surface area contributed by atoms with Gasteiger partial charge >= 0.3 is 6.03 Å². The number of nitrogens with one attached hydrogen (secondary N) is 2. The molecule has 2 amide bonds. The van der Waals surface area contributed by atoms with Crippen molar-refractivity contribution in [2.24, 2.45) is 7.05 Å². The molecule has 0 spiro atoms. The molecule has 0 aliphatic carbocycles. The quantitative estimate of drug-likeness (QED) is 0.664. The molecule has 1 aliphatic rings. The standard InChI is InChI=1S/C19H25N9O/c1-14-16-12-15(13-23-17(16)26(2)25-14)24-19(29)22-6-7-27-8-10-28(11-9-27)18-20-4-3-5-21-18/h3-5,12-13H,6-11H2,1-2H3,(H2,22,24,29). The number of rotatable bonds is 5. The molecule has 0 saturated carbocycles. The van der Waals surface area contributed by atoms with Gasteiger partial charge in [0.25, 0.3) is 0 Å². The second-order valence-corrected chi connectivity index (χ2v) is 7.06. The monoisotopic (exact) mass is 395 g/mol. The molecule has 2 N–H and O–H groups in total. The molecule has 0 bridgehead atoms. The molecule has 0 atom stereocenters. The summed E-state index contributed by atoms with van der Waals surface area (Å²) < 4.78 is 1.73. The number of hydrogen-bond acceptors (Lipinski definition) is 7. The summed E-state index contributed by atoms with van der Waals surface area (Å²) >= 11 is 0. The number of hydrogen-bond donors (Lipinski definition) is 2. The molecule has 3 aromatic heterocycles. The predicted molar refractivity (Wildman–Crippen MR) is 111 cm³/mol. The van der Waals surface area contributed by atoms with Crippen LogP contribution < -0.4 is 15.5 Å². The summed E-state index contributed by atoms with van der Waals surface area (Å²) in [6, 6.07) is 3.49. The van der Waals surface area contributed by atoms with Crippen LogP contribution in [-0.4, -0.2) is 74.9 Å². The number of fused-ring (bicyclic) bond motifs is 1. The Morgan fingerprint density at radius 1 is 1.14 bits per heavy atom. The van der Waals surface area contributed by atoms with E-state index in [9.17, 15) is 4.79 Å². The van der Waals surface area contributed by atoms with Gasteiger partial charge in [0, 0.05) is 64.1 Å². The number of piperazine rings is 1. The first kappa shape index (κ1) is 19.1. The van der Waals surface area contributed by atoms with Crippen molar-refractivity contribution < 1.29 is 4.79 Å². The minimum Gasteiger partial charge on any atom is -0.338 e. The predicted octanol–water partition coefficient (Wildman–Crippen LogP) is 1.01. The molecule has 10 nitrogen and oxygen atoms in total. The van der Waals surface area contributed by atoms with Crippen LogP contribution in [0.2, 0.25) is 0 Å². The number of urea groups is 1. The molecule has 0 unspecified atom stereocenters. The number of carbonyl (C=O) groups excluding carboxylic acids is 1. The van der Waals surface area contributed by atoms with Gasteiger partial charge in [-0.25, -0.2) is 19.7 Å². The summed E-state index contributed by atoms with van der Waals surface area (Å²) in [6.45, 7) is 6.91. The summed E-state index contributed by atoms with van der Waals surface area (Å²) in [5.74, 6) is 0.777. The van der Waals surface area contributed by atoms with Gasteiger partial charge in [-0.15, -0.1) is 0 Å². The Kier molecular flexibility index (Phi) is 5.52. The average Bonchev–Trinajstić information content (AvgIpc) is 3.02. The van der Waals surface area contributed by atoms with Crippen LogP contribution in [0.3, 0.4) is 0 Å². The van der Waals surface area contributed by atoms with E-state index in [-0.39, 0.29) is 6.03 Å². The Balaban J connectivity index is 1.21. The molecule has 1 saturated heterocycles. The molecular formula is C19H25N9O. The molecule has 10 heteroatoms. The van der Waals surface area contributed by atoms with Crippen molar-refractivity contribution in [1.82, 2.24) is 34.9 Å². The second-order valence-electron chi connectivity index (χ2n) is 7.06. The molecule has 4 rings (SSSR count). The topological polar surface area (TPSA) is 104 Å². The first-order valence-electron chi connectivity index (χ1n) is 9.68. The lowest BCUT2D eigenvalue weighted by atomic mass is 10.2. The van der Waals surface area contributed by atoms with Gasteiger partial charge in [0.05, 0.1) is 17.6 Å². The smallest absolute Gasteiger partial charge is 0.319 e. The minimum atomic E-state index is -0.232. The third kappa shape index (κ3) is 4.43. The van der Waals surface area contributed by atoms with Crippen LogP contribution in [0, 0.1) is 6.92 Å². The third-order valence-corrected chi connectivity index (χ3v) is 5.04. The van der Waals surface area contributed by atoms with Crippen LogP contribution in [0.15, 0.2) is 30.7 Å². The molecule has 0 aromatic carbocycles. The highest BCUT2D eigenvalue weighted by Gasteiger charge is 2.18. The number of nitrogens with zero attached hydrogens (tertiary/aromatic N) is 7. The lowest BCUT2D eigenvalue weighted by Crippen LogP contribution is -2.49. The van der Waals surface area contributed by atoms with Gasteiger partial charge < -0.3 is 15.5 Å². The van der Waals surface area contributed by atoms with E-state index in [4.69, 9.17) is 0 Å². The van der Waals surface area contributed by atoms with Crippen LogP contribution in [0.4, 0.5) is 16.4 Å². The zero-order valence-electron chi connectivity index (χ0n) is 16.7. The Hall–Kier alpha value is -3.27. The van der Waals surface area contributed by atoms with Crippen LogP contribution in [-0.2, 0) is 7.05 Å². The fourth-order valence-electron chi connectivity index (χ4n) is 3.51. The van der Waals surface area contributed by atoms with Crippen molar-refractivity contribution in [2.45, 2.75) is 6.92 Å². The maximum absolute atomic E-state index is 12.2. The fourth-order valence-corrected chi connectivity index (χ4v) is 3.51. The van der Waals surface area contributed by atoms with E-state index >= 15 is 0 Å². The highest BCUT2D eigenvalue weighted by atomic mass is 16.2. The van der Waals surface area contributed by atoms with E-state index in [0.717, 1.165) is 55.4 Å². The van der Waals surface area contributed by atoms with Crippen LogP contribution in [0.25, 0.3) is 11.0 Å². The van der Waals surface area contributed by atoms with Crippen molar-refractivity contribution in [1.29, 1.82) is 0 Å². The van der Waals surface area contributed by atoms with Gasteiger partial charge in [-0.2, -0.15) is 5.10 Å². The van der Waals surface area contributed by atoms with E-state index in [0.29, 0.717) is 12.2 Å². The Bertz CT molecular complexity index is 980. The van der Waals surface area contributed by atoms with Crippen molar-refractivity contribution in [3.63, 3.8) is 0 Å². The van der Waals surface area contributed by atoms with Crippen LogP contribution in [0.1, 0.15) is 5.69 Å². The third-order valence-electron chi connectivity index (χ3n) is 5.04. The summed E-state index contributed by atoms with van der Waals surface area (Å²) in [5, 5.41) is 11.0. The normalized spacial score (nSPS) is 14.9. The zero-order valence-corrected chi connectivity index (χ0v) is 16.7. The number of aromatic nitrogens is 5. The maximum Gasteiger partial charge on any atom is 0.319 e. The number of amides is 2. The summed E-state index contributed by atoms with van der Waals surface area (Å²) in [4.78, 5) is 29.7. The van der Waals surface area contributed by atoms with E-state index in [1.165, 1.54) is 0 Å². The number of carbonyl (C=O) groups is 1. The van der Waals surface area contributed by atoms with Gasteiger partial charge in [0.15, 0.2) is 5.65 Å². The lowest BCUT2D eigenvalue weighted by molar-refractivity contribution is 0.240. The molecule has 3 aromatic rings. The second kappa shape index (κ2) is 8.39. The maximum atomic E-state index is 12.2. The summed E-state index contributed by atoms with van der Waals surface area (Å²) in [6.07, 6.45) is 5.17.